The van der Waals surface area contributed by atoms with E-state index in [9.17, 15) is 0 Å². The van der Waals surface area contributed by atoms with E-state index < -0.39 is 0 Å². The Bertz CT molecular complexity index is 187. The molecule has 0 aromatic carbocycles. The van der Waals surface area contributed by atoms with Crippen LogP contribution in [-0.2, 0) is 4.74 Å². The Morgan fingerprint density at radius 2 is 1.87 bits per heavy atom. The lowest BCUT2D eigenvalue weighted by molar-refractivity contribution is 0.0373. The van der Waals surface area contributed by atoms with Crippen LogP contribution in [0.1, 0.15) is 46.5 Å². The van der Waals surface area contributed by atoms with Crippen LogP contribution in [0, 0.1) is 0 Å². The molecule has 1 aliphatic carbocycles. The van der Waals surface area contributed by atoms with Gasteiger partial charge in [0.1, 0.15) is 0 Å². The lowest BCUT2D eigenvalue weighted by Gasteiger charge is -2.34. The van der Waals surface area contributed by atoms with Crippen molar-refractivity contribution in [2.24, 2.45) is 0 Å². The van der Waals surface area contributed by atoms with Gasteiger partial charge in [0.05, 0.1) is 12.7 Å². The van der Waals surface area contributed by atoms with E-state index in [1.54, 1.807) is 0 Å². The summed E-state index contributed by atoms with van der Waals surface area (Å²) in [5, 5.41) is 3.66. The van der Waals surface area contributed by atoms with Gasteiger partial charge in [0.2, 0.25) is 0 Å². The molecule has 1 aliphatic rings. The maximum atomic E-state index is 5.66. The van der Waals surface area contributed by atoms with E-state index in [0.717, 1.165) is 0 Å². The van der Waals surface area contributed by atoms with Gasteiger partial charge < -0.3 is 10.1 Å². The highest BCUT2D eigenvalue weighted by Crippen LogP contribution is 2.22. The van der Waals surface area contributed by atoms with E-state index in [1.165, 1.54) is 25.7 Å². The van der Waals surface area contributed by atoms with Gasteiger partial charge in [-0.1, -0.05) is 6.08 Å². The molecule has 0 radical (unpaired) electrons. The summed E-state index contributed by atoms with van der Waals surface area (Å²) in [6.07, 6.45) is 7.13. The van der Waals surface area contributed by atoms with Crippen LogP contribution in [0.15, 0.2) is 12.7 Å². The normalized spacial score (nSPS) is 27.7. The molecule has 0 aliphatic heterocycles. The van der Waals surface area contributed by atoms with Gasteiger partial charge in [-0.2, -0.15) is 0 Å². The third kappa shape index (κ3) is 5.33. The molecular weight excluding hydrogens is 186 g/mol. The molecule has 1 rings (SSSR count). The highest BCUT2D eigenvalue weighted by atomic mass is 16.5. The molecule has 0 amide bonds. The molecule has 1 N–H and O–H groups in total. The second-order valence-corrected chi connectivity index (χ2v) is 5.49. The summed E-state index contributed by atoms with van der Waals surface area (Å²) in [6.45, 7) is 11.1. The van der Waals surface area contributed by atoms with E-state index in [2.05, 4.69) is 32.7 Å². The van der Waals surface area contributed by atoms with Gasteiger partial charge in [-0.05, 0) is 46.5 Å². The topological polar surface area (TPSA) is 21.3 Å². The third-order valence-corrected chi connectivity index (χ3v) is 2.76. The van der Waals surface area contributed by atoms with Crippen molar-refractivity contribution in [2.75, 3.05) is 6.61 Å². The molecule has 2 heteroatoms. The zero-order valence-electron chi connectivity index (χ0n) is 10.4. The molecule has 0 saturated heterocycles. The Balaban J connectivity index is 2.21. The van der Waals surface area contributed by atoms with Crippen molar-refractivity contribution in [3.63, 3.8) is 0 Å². The summed E-state index contributed by atoms with van der Waals surface area (Å²) in [6, 6.07) is 0.675. The summed E-state index contributed by atoms with van der Waals surface area (Å²) in [5.41, 5.74) is 0.236. The number of hydrogen-bond acceptors (Lipinski definition) is 2. The van der Waals surface area contributed by atoms with E-state index in [1.807, 2.05) is 6.08 Å². The molecule has 0 spiro atoms. The van der Waals surface area contributed by atoms with Crippen molar-refractivity contribution >= 4 is 0 Å². The molecule has 15 heavy (non-hydrogen) atoms. The maximum absolute atomic E-state index is 5.66. The molecule has 0 bridgehead atoms. The van der Waals surface area contributed by atoms with Gasteiger partial charge in [-0.3, -0.25) is 0 Å². The minimum absolute atomic E-state index is 0.236. The van der Waals surface area contributed by atoms with Gasteiger partial charge in [-0.25, -0.2) is 0 Å². The number of hydrogen-bond donors (Lipinski definition) is 1. The zero-order valence-corrected chi connectivity index (χ0v) is 10.4. The highest BCUT2D eigenvalue weighted by Gasteiger charge is 2.24. The largest absolute Gasteiger partial charge is 0.374 e. The monoisotopic (exact) mass is 211 g/mol. The molecule has 2 nitrogen and oxygen atoms in total. The van der Waals surface area contributed by atoms with Crippen molar-refractivity contribution in [3.05, 3.63) is 12.7 Å². The molecule has 0 aromatic heterocycles. The minimum atomic E-state index is 0.236. The molecule has 0 aromatic rings. The maximum Gasteiger partial charge on any atom is 0.0648 e. The Morgan fingerprint density at radius 1 is 1.27 bits per heavy atom. The molecule has 0 atom stereocenters. The van der Waals surface area contributed by atoms with Gasteiger partial charge in [0, 0.05) is 11.6 Å². The minimum Gasteiger partial charge on any atom is -0.374 e. The summed E-state index contributed by atoms with van der Waals surface area (Å²) < 4.78 is 5.66. The first-order valence-electron chi connectivity index (χ1n) is 6.01. The van der Waals surface area contributed by atoms with Gasteiger partial charge in [-0.15, -0.1) is 6.58 Å². The van der Waals surface area contributed by atoms with Crippen LogP contribution in [0.25, 0.3) is 0 Å². The predicted molar refractivity (Wildman–Crippen MR) is 65.1 cm³/mol. The highest BCUT2D eigenvalue weighted by molar-refractivity contribution is 4.83. The first kappa shape index (κ1) is 12.7. The fourth-order valence-corrected chi connectivity index (χ4v) is 2.19. The van der Waals surface area contributed by atoms with Crippen molar-refractivity contribution in [2.45, 2.75) is 64.1 Å². The van der Waals surface area contributed by atoms with Crippen LogP contribution < -0.4 is 5.32 Å². The SMILES string of the molecule is C=CCOC1CCC(NC(C)(C)C)CC1. The quantitative estimate of drug-likeness (QED) is 0.722. The summed E-state index contributed by atoms with van der Waals surface area (Å²) in [4.78, 5) is 0. The zero-order chi connectivity index (χ0) is 11.3. The van der Waals surface area contributed by atoms with E-state index >= 15 is 0 Å². The fraction of sp³-hybridized carbons (Fsp3) is 0.846. The van der Waals surface area contributed by atoms with E-state index in [0.29, 0.717) is 18.8 Å². The third-order valence-electron chi connectivity index (χ3n) is 2.76. The predicted octanol–water partition coefficient (Wildman–Crippen LogP) is 2.89. The Kier molecular flexibility index (Phi) is 4.81. The number of ether oxygens (including phenoxy) is 1. The first-order chi connectivity index (χ1) is 7.01. The van der Waals surface area contributed by atoms with Gasteiger partial charge >= 0.3 is 0 Å². The average molecular weight is 211 g/mol. The smallest absolute Gasteiger partial charge is 0.0648 e. The van der Waals surface area contributed by atoms with Crippen LogP contribution in [-0.4, -0.2) is 24.3 Å². The van der Waals surface area contributed by atoms with E-state index in [-0.39, 0.29) is 5.54 Å². The molecule has 88 valence electrons. The van der Waals surface area contributed by atoms with E-state index in [4.69, 9.17) is 4.74 Å². The standard InChI is InChI=1S/C13H25NO/c1-5-10-15-12-8-6-11(7-9-12)14-13(2,3)4/h5,11-12,14H,1,6-10H2,2-4H3. The summed E-state index contributed by atoms with van der Waals surface area (Å²) >= 11 is 0. The summed E-state index contributed by atoms with van der Waals surface area (Å²) in [5.74, 6) is 0. The van der Waals surface area contributed by atoms with Crippen LogP contribution in [0.5, 0.6) is 0 Å². The average Bonchev–Trinajstić information content (AvgIpc) is 2.14. The van der Waals surface area contributed by atoms with Crippen LogP contribution in [0.4, 0.5) is 0 Å². The van der Waals surface area contributed by atoms with Crippen molar-refractivity contribution in [1.82, 2.24) is 5.32 Å². The van der Waals surface area contributed by atoms with Crippen molar-refractivity contribution < 1.29 is 4.74 Å². The van der Waals surface area contributed by atoms with Crippen LogP contribution >= 0.6 is 0 Å². The Labute approximate surface area is 94.1 Å². The number of nitrogens with one attached hydrogen (secondary N) is 1. The number of rotatable bonds is 4. The molecule has 1 fully saturated rings. The molecular formula is C13H25NO. The van der Waals surface area contributed by atoms with Crippen LogP contribution in [0.2, 0.25) is 0 Å². The molecule has 1 saturated carbocycles. The summed E-state index contributed by atoms with van der Waals surface area (Å²) in [7, 11) is 0. The molecule has 0 unspecified atom stereocenters. The van der Waals surface area contributed by atoms with Crippen molar-refractivity contribution in [3.8, 4) is 0 Å². The molecule has 0 heterocycles. The Hall–Kier alpha value is -0.340. The van der Waals surface area contributed by atoms with Crippen molar-refractivity contribution in [1.29, 1.82) is 0 Å². The lowest BCUT2D eigenvalue weighted by Crippen LogP contribution is -2.45. The van der Waals surface area contributed by atoms with Crippen LogP contribution in [0.3, 0.4) is 0 Å². The second kappa shape index (κ2) is 5.66. The first-order valence-corrected chi connectivity index (χ1v) is 6.01. The van der Waals surface area contributed by atoms with Gasteiger partial charge in [0.15, 0.2) is 0 Å². The fourth-order valence-electron chi connectivity index (χ4n) is 2.19. The van der Waals surface area contributed by atoms with Gasteiger partial charge in [0.25, 0.3) is 0 Å². The second-order valence-electron chi connectivity index (χ2n) is 5.49. The Morgan fingerprint density at radius 3 is 2.33 bits per heavy atom. The lowest BCUT2D eigenvalue weighted by atomic mass is 9.91.